The third-order valence-electron chi connectivity index (χ3n) is 4.60. The van der Waals surface area contributed by atoms with Gasteiger partial charge in [0.05, 0.1) is 0 Å². The van der Waals surface area contributed by atoms with Crippen molar-refractivity contribution in [3.63, 3.8) is 0 Å². The van der Waals surface area contributed by atoms with Gasteiger partial charge in [-0.05, 0) is 66.2 Å². The first-order valence-electron chi connectivity index (χ1n) is 9.43. The summed E-state index contributed by atoms with van der Waals surface area (Å²) in [6.07, 6.45) is 0. The summed E-state index contributed by atoms with van der Waals surface area (Å²) >= 11 is 5.11. The molecule has 0 radical (unpaired) electrons. The van der Waals surface area contributed by atoms with E-state index in [1.807, 2.05) is 35.9 Å². The average molecular weight is 497 g/mol. The van der Waals surface area contributed by atoms with E-state index in [0.717, 1.165) is 26.8 Å². The minimum absolute atomic E-state index is 0.294. The van der Waals surface area contributed by atoms with Crippen LogP contribution in [0, 0.1) is 5.82 Å². The first kappa shape index (κ1) is 21.3. The normalized spacial score (nSPS) is 10.8. The number of aromatic nitrogens is 3. The SMILES string of the molecule is Cn1c(SCc2cccc(Br)c2)nnc1-c1ccc(NC(=O)c2ccc(F)cc2)cc1. The minimum atomic E-state index is -0.376. The van der Waals surface area contributed by atoms with Crippen molar-refractivity contribution in [2.75, 3.05) is 5.32 Å². The fourth-order valence-electron chi connectivity index (χ4n) is 2.97. The van der Waals surface area contributed by atoms with Gasteiger partial charge in [0, 0.05) is 34.1 Å². The average Bonchev–Trinajstić information content (AvgIpc) is 3.13. The number of carbonyl (C=O) groups is 1. The van der Waals surface area contributed by atoms with Crippen LogP contribution in [0.1, 0.15) is 15.9 Å². The van der Waals surface area contributed by atoms with E-state index in [2.05, 4.69) is 43.6 Å². The molecule has 1 aromatic heterocycles. The number of nitrogens with one attached hydrogen (secondary N) is 1. The van der Waals surface area contributed by atoms with Crippen LogP contribution in [0.3, 0.4) is 0 Å². The van der Waals surface area contributed by atoms with E-state index in [-0.39, 0.29) is 11.7 Å². The lowest BCUT2D eigenvalue weighted by molar-refractivity contribution is 0.102. The van der Waals surface area contributed by atoms with E-state index < -0.39 is 0 Å². The highest BCUT2D eigenvalue weighted by Gasteiger charge is 2.12. The van der Waals surface area contributed by atoms with E-state index >= 15 is 0 Å². The van der Waals surface area contributed by atoms with Crippen molar-refractivity contribution in [2.45, 2.75) is 10.9 Å². The Kier molecular flexibility index (Phi) is 6.48. The molecule has 1 N–H and O–H groups in total. The standard InChI is InChI=1S/C23H18BrFN4OS/c1-29-21(27-28-23(29)31-14-15-3-2-4-18(24)13-15)16-7-11-20(12-8-16)26-22(30)17-5-9-19(25)10-6-17/h2-13H,14H2,1H3,(H,26,30). The van der Waals surface area contributed by atoms with Crippen LogP contribution in [0.25, 0.3) is 11.4 Å². The van der Waals surface area contributed by atoms with E-state index in [4.69, 9.17) is 0 Å². The number of nitrogens with zero attached hydrogens (tertiary/aromatic N) is 3. The second kappa shape index (κ2) is 9.45. The molecule has 4 rings (SSSR count). The molecule has 31 heavy (non-hydrogen) atoms. The number of halogens is 2. The molecular weight excluding hydrogens is 479 g/mol. The van der Waals surface area contributed by atoms with Crippen molar-refractivity contribution in [3.8, 4) is 11.4 Å². The monoisotopic (exact) mass is 496 g/mol. The van der Waals surface area contributed by atoms with Gasteiger partial charge in [-0.1, -0.05) is 39.8 Å². The number of rotatable bonds is 6. The Morgan fingerprint density at radius 3 is 2.52 bits per heavy atom. The van der Waals surface area contributed by atoms with Gasteiger partial charge in [-0.15, -0.1) is 10.2 Å². The molecule has 0 unspecified atom stereocenters. The molecule has 0 saturated heterocycles. The molecular formula is C23H18BrFN4OS. The molecule has 1 amide bonds. The summed E-state index contributed by atoms with van der Waals surface area (Å²) < 4.78 is 16.0. The lowest BCUT2D eigenvalue weighted by Gasteiger charge is -2.07. The molecule has 4 aromatic rings. The summed E-state index contributed by atoms with van der Waals surface area (Å²) in [5.74, 6) is 0.865. The Balaban J connectivity index is 1.43. The Bertz CT molecular complexity index is 1210. The number of hydrogen-bond donors (Lipinski definition) is 1. The van der Waals surface area contributed by atoms with Gasteiger partial charge in [-0.2, -0.15) is 0 Å². The molecule has 5 nitrogen and oxygen atoms in total. The molecule has 3 aromatic carbocycles. The van der Waals surface area contributed by atoms with Crippen molar-refractivity contribution in [2.24, 2.45) is 7.05 Å². The number of benzene rings is 3. The predicted molar refractivity (Wildman–Crippen MR) is 124 cm³/mol. The van der Waals surface area contributed by atoms with Gasteiger partial charge in [-0.25, -0.2) is 4.39 Å². The Labute approximate surface area is 191 Å². The largest absolute Gasteiger partial charge is 0.322 e. The van der Waals surface area contributed by atoms with Gasteiger partial charge >= 0.3 is 0 Å². The molecule has 0 aliphatic rings. The highest BCUT2D eigenvalue weighted by atomic mass is 79.9. The van der Waals surface area contributed by atoms with Crippen molar-refractivity contribution in [1.82, 2.24) is 14.8 Å². The number of amides is 1. The van der Waals surface area contributed by atoms with Crippen LogP contribution >= 0.6 is 27.7 Å². The summed E-state index contributed by atoms with van der Waals surface area (Å²) in [6.45, 7) is 0. The van der Waals surface area contributed by atoms with Gasteiger partial charge in [0.1, 0.15) is 5.82 Å². The zero-order chi connectivity index (χ0) is 21.8. The molecule has 0 saturated carbocycles. The van der Waals surface area contributed by atoms with Crippen molar-refractivity contribution in [1.29, 1.82) is 0 Å². The lowest BCUT2D eigenvalue weighted by atomic mass is 10.1. The Hall–Kier alpha value is -2.97. The number of thioether (sulfide) groups is 1. The molecule has 0 fully saturated rings. The van der Waals surface area contributed by atoms with Gasteiger partial charge < -0.3 is 9.88 Å². The summed E-state index contributed by atoms with van der Waals surface area (Å²) in [5.41, 5.74) is 3.13. The summed E-state index contributed by atoms with van der Waals surface area (Å²) in [4.78, 5) is 12.3. The fourth-order valence-corrected chi connectivity index (χ4v) is 4.27. The first-order chi connectivity index (χ1) is 15.0. The lowest BCUT2D eigenvalue weighted by Crippen LogP contribution is -2.11. The van der Waals surface area contributed by atoms with Crippen molar-refractivity contribution in [3.05, 3.63) is 94.2 Å². The van der Waals surface area contributed by atoms with Gasteiger partial charge in [-0.3, -0.25) is 4.79 Å². The van der Waals surface area contributed by atoms with Gasteiger partial charge in [0.15, 0.2) is 11.0 Å². The first-order valence-corrected chi connectivity index (χ1v) is 11.2. The van der Waals surface area contributed by atoms with E-state index in [0.29, 0.717) is 11.3 Å². The third kappa shape index (κ3) is 5.21. The Morgan fingerprint density at radius 2 is 1.81 bits per heavy atom. The smallest absolute Gasteiger partial charge is 0.255 e. The highest BCUT2D eigenvalue weighted by molar-refractivity contribution is 9.10. The predicted octanol–water partition coefficient (Wildman–Crippen LogP) is 5.93. The van der Waals surface area contributed by atoms with Crippen LogP contribution in [-0.4, -0.2) is 20.7 Å². The molecule has 8 heteroatoms. The summed E-state index contributed by atoms with van der Waals surface area (Å²) in [5, 5.41) is 12.3. The molecule has 0 aliphatic carbocycles. The summed E-state index contributed by atoms with van der Waals surface area (Å²) in [7, 11) is 1.93. The quantitative estimate of drug-likeness (QED) is 0.336. The molecule has 0 spiro atoms. The second-order valence-corrected chi connectivity index (χ2v) is 8.68. The van der Waals surface area contributed by atoms with Crippen LogP contribution in [0.4, 0.5) is 10.1 Å². The maximum absolute atomic E-state index is 13.0. The number of hydrogen-bond acceptors (Lipinski definition) is 4. The van der Waals surface area contributed by atoms with E-state index in [1.165, 1.54) is 29.8 Å². The summed E-state index contributed by atoms with van der Waals surface area (Å²) in [6, 6.07) is 21.0. The Morgan fingerprint density at radius 1 is 1.06 bits per heavy atom. The van der Waals surface area contributed by atoms with Crippen LogP contribution in [0.15, 0.2) is 82.4 Å². The van der Waals surface area contributed by atoms with E-state index in [9.17, 15) is 9.18 Å². The van der Waals surface area contributed by atoms with Crippen LogP contribution in [0.5, 0.6) is 0 Å². The molecule has 156 valence electrons. The van der Waals surface area contributed by atoms with Crippen LogP contribution in [0.2, 0.25) is 0 Å². The maximum Gasteiger partial charge on any atom is 0.255 e. The fraction of sp³-hybridized carbons (Fsp3) is 0.0870. The van der Waals surface area contributed by atoms with Crippen LogP contribution in [-0.2, 0) is 12.8 Å². The van der Waals surface area contributed by atoms with Crippen molar-refractivity contribution >= 4 is 39.3 Å². The molecule has 0 atom stereocenters. The van der Waals surface area contributed by atoms with E-state index in [1.54, 1.807) is 23.9 Å². The molecule has 1 heterocycles. The topological polar surface area (TPSA) is 59.8 Å². The maximum atomic E-state index is 13.0. The minimum Gasteiger partial charge on any atom is -0.322 e. The second-order valence-electron chi connectivity index (χ2n) is 6.82. The zero-order valence-corrected chi connectivity index (χ0v) is 19.0. The third-order valence-corrected chi connectivity index (χ3v) is 6.18. The number of carbonyl (C=O) groups excluding carboxylic acids is 1. The van der Waals surface area contributed by atoms with Crippen molar-refractivity contribution < 1.29 is 9.18 Å². The zero-order valence-electron chi connectivity index (χ0n) is 16.5. The van der Waals surface area contributed by atoms with Gasteiger partial charge in [0.2, 0.25) is 0 Å². The molecule has 0 bridgehead atoms. The van der Waals surface area contributed by atoms with Crippen LogP contribution < -0.4 is 5.32 Å². The highest BCUT2D eigenvalue weighted by Crippen LogP contribution is 2.27. The van der Waals surface area contributed by atoms with Gasteiger partial charge in [0.25, 0.3) is 5.91 Å². The molecule has 0 aliphatic heterocycles. The number of anilines is 1.